The Balaban J connectivity index is 2.01. The van der Waals surface area contributed by atoms with Crippen LogP contribution in [0.5, 0.6) is 0 Å². The van der Waals surface area contributed by atoms with Gasteiger partial charge in [0.1, 0.15) is 0 Å². The van der Waals surface area contributed by atoms with E-state index in [1.165, 1.54) is 0 Å². The van der Waals surface area contributed by atoms with Crippen LogP contribution in [0.3, 0.4) is 0 Å². The summed E-state index contributed by atoms with van der Waals surface area (Å²) < 4.78 is 0. The zero-order valence-electron chi connectivity index (χ0n) is 12.7. The zero-order chi connectivity index (χ0) is 14.5. The summed E-state index contributed by atoms with van der Waals surface area (Å²) in [5.74, 6) is 1.49. The Morgan fingerprint density at radius 3 is 2.85 bits per heavy atom. The molecule has 1 saturated carbocycles. The fraction of sp³-hybridized carbons (Fsp3) is 0.688. The molecule has 0 aromatic carbocycles. The van der Waals surface area contributed by atoms with Crippen LogP contribution in [0.4, 0.5) is 0 Å². The summed E-state index contributed by atoms with van der Waals surface area (Å²) in [6, 6.07) is 1.88. The number of carbonyl (C=O) groups excluding carboxylic acids is 1. The summed E-state index contributed by atoms with van der Waals surface area (Å²) >= 11 is 0. The van der Waals surface area contributed by atoms with E-state index in [2.05, 4.69) is 22.2 Å². The maximum Gasteiger partial charge on any atom is 0.223 e. The third kappa shape index (κ3) is 4.02. The van der Waals surface area contributed by atoms with E-state index in [0.717, 1.165) is 43.6 Å². The van der Waals surface area contributed by atoms with Gasteiger partial charge in [0.2, 0.25) is 5.91 Å². The smallest absolute Gasteiger partial charge is 0.223 e. The number of nitrogens with one attached hydrogen (secondary N) is 1. The standard InChI is InChI=1S/C16H25N3O/c1-4-5-6-11(2)16(20)19-14(13-7-8-13)15-17-10-9-12(3)18-15/h9-11,13-14H,4-8H2,1-3H3,(H,19,20)/t11-,14+/m1/s1. The molecule has 0 spiro atoms. The zero-order valence-corrected chi connectivity index (χ0v) is 12.7. The molecule has 1 heterocycles. The Hall–Kier alpha value is -1.45. The van der Waals surface area contributed by atoms with Crippen molar-refractivity contribution in [3.05, 3.63) is 23.8 Å². The van der Waals surface area contributed by atoms with Gasteiger partial charge >= 0.3 is 0 Å². The van der Waals surface area contributed by atoms with Crippen molar-refractivity contribution >= 4 is 5.91 Å². The molecule has 0 unspecified atom stereocenters. The fourth-order valence-electron chi connectivity index (χ4n) is 2.38. The van der Waals surface area contributed by atoms with Gasteiger partial charge in [0.05, 0.1) is 6.04 Å². The number of aromatic nitrogens is 2. The SMILES string of the molecule is CCCC[C@@H](C)C(=O)N[C@H](c1nccc(C)n1)C1CC1. The number of aryl methyl sites for hydroxylation is 1. The van der Waals surface area contributed by atoms with E-state index in [0.29, 0.717) is 5.92 Å². The quantitative estimate of drug-likeness (QED) is 0.831. The Morgan fingerprint density at radius 2 is 2.25 bits per heavy atom. The summed E-state index contributed by atoms with van der Waals surface area (Å²) in [7, 11) is 0. The van der Waals surface area contributed by atoms with Gasteiger partial charge < -0.3 is 5.32 Å². The van der Waals surface area contributed by atoms with Crippen LogP contribution in [0.25, 0.3) is 0 Å². The predicted octanol–water partition coefficient (Wildman–Crippen LogP) is 3.18. The van der Waals surface area contributed by atoms with Crippen molar-refractivity contribution in [1.29, 1.82) is 0 Å². The third-order valence-corrected chi connectivity index (χ3v) is 3.92. The average Bonchev–Trinajstić information content (AvgIpc) is 3.26. The molecule has 0 bridgehead atoms. The summed E-state index contributed by atoms with van der Waals surface area (Å²) in [4.78, 5) is 21.1. The lowest BCUT2D eigenvalue weighted by molar-refractivity contribution is -0.125. The molecule has 1 fully saturated rings. The lowest BCUT2D eigenvalue weighted by atomic mass is 10.0. The highest BCUT2D eigenvalue weighted by atomic mass is 16.1. The van der Waals surface area contributed by atoms with E-state index >= 15 is 0 Å². The minimum absolute atomic E-state index is 0.00789. The Kier molecular flexibility index (Phi) is 5.10. The van der Waals surface area contributed by atoms with Gasteiger partial charge in [-0.2, -0.15) is 0 Å². The second-order valence-corrected chi connectivity index (χ2v) is 5.92. The van der Waals surface area contributed by atoms with Crippen molar-refractivity contribution in [2.45, 2.75) is 58.9 Å². The number of amides is 1. The molecule has 1 aliphatic rings. The second-order valence-electron chi connectivity index (χ2n) is 5.92. The molecular weight excluding hydrogens is 250 g/mol. The number of carbonyl (C=O) groups is 1. The molecule has 2 rings (SSSR count). The minimum atomic E-state index is -0.00789. The first-order valence-corrected chi connectivity index (χ1v) is 7.71. The van der Waals surface area contributed by atoms with Crippen molar-refractivity contribution in [1.82, 2.24) is 15.3 Å². The number of hydrogen-bond donors (Lipinski definition) is 1. The van der Waals surface area contributed by atoms with Gasteiger partial charge in [0.15, 0.2) is 5.82 Å². The Bertz CT molecular complexity index is 457. The molecule has 110 valence electrons. The highest BCUT2D eigenvalue weighted by Gasteiger charge is 2.35. The highest BCUT2D eigenvalue weighted by Crippen LogP contribution is 2.40. The summed E-state index contributed by atoms with van der Waals surface area (Å²) in [5.41, 5.74) is 0.953. The lowest BCUT2D eigenvalue weighted by Gasteiger charge is -2.20. The van der Waals surface area contributed by atoms with Crippen LogP contribution < -0.4 is 5.32 Å². The number of unbranched alkanes of at least 4 members (excludes halogenated alkanes) is 1. The molecular formula is C16H25N3O. The van der Waals surface area contributed by atoms with Gasteiger partial charge in [-0.05, 0) is 38.2 Å². The topological polar surface area (TPSA) is 54.9 Å². The van der Waals surface area contributed by atoms with E-state index in [1.807, 2.05) is 19.9 Å². The highest BCUT2D eigenvalue weighted by molar-refractivity contribution is 5.78. The maximum atomic E-state index is 12.3. The normalized spacial score (nSPS) is 17.6. The van der Waals surface area contributed by atoms with Crippen LogP contribution in [0, 0.1) is 18.8 Å². The van der Waals surface area contributed by atoms with Gasteiger partial charge in [-0.1, -0.05) is 26.7 Å². The van der Waals surface area contributed by atoms with Crippen molar-refractivity contribution in [2.75, 3.05) is 0 Å². The van der Waals surface area contributed by atoms with Crippen LogP contribution in [0.1, 0.15) is 63.5 Å². The van der Waals surface area contributed by atoms with Gasteiger partial charge in [-0.3, -0.25) is 4.79 Å². The minimum Gasteiger partial charge on any atom is -0.346 e. The van der Waals surface area contributed by atoms with Crippen LogP contribution in [0.15, 0.2) is 12.3 Å². The number of nitrogens with zero attached hydrogens (tertiary/aromatic N) is 2. The van der Waals surface area contributed by atoms with Crippen molar-refractivity contribution < 1.29 is 4.79 Å². The molecule has 2 atom stereocenters. The van der Waals surface area contributed by atoms with E-state index in [1.54, 1.807) is 6.20 Å². The van der Waals surface area contributed by atoms with Gasteiger partial charge in [0.25, 0.3) is 0 Å². The van der Waals surface area contributed by atoms with Crippen molar-refractivity contribution in [3.8, 4) is 0 Å². The van der Waals surface area contributed by atoms with Crippen molar-refractivity contribution in [2.24, 2.45) is 11.8 Å². The van der Waals surface area contributed by atoms with E-state index in [4.69, 9.17) is 0 Å². The maximum absolute atomic E-state index is 12.3. The molecule has 20 heavy (non-hydrogen) atoms. The van der Waals surface area contributed by atoms with Crippen molar-refractivity contribution in [3.63, 3.8) is 0 Å². The molecule has 0 aliphatic heterocycles. The van der Waals surface area contributed by atoms with E-state index in [-0.39, 0.29) is 17.9 Å². The van der Waals surface area contributed by atoms with Gasteiger partial charge in [-0.15, -0.1) is 0 Å². The molecule has 1 N–H and O–H groups in total. The molecule has 4 nitrogen and oxygen atoms in total. The first kappa shape index (κ1) is 14.9. The molecule has 4 heteroatoms. The second kappa shape index (κ2) is 6.82. The Labute approximate surface area is 121 Å². The van der Waals surface area contributed by atoms with E-state index < -0.39 is 0 Å². The molecule has 0 radical (unpaired) electrons. The number of hydrogen-bond acceptors (Lipinski definition) is 3. The third-order valence-electron chi connectivity index (χ3n) is 3.92. The first-order valence-electron chi connectivity index (χ1n) is 7.71. The van der Waals surface area contributed by atoms with Crippen LogP contribution in [0.2, 0.25) is 0 Å². The fourth-order valence-corrected chi connectivity index (χ4v) is 2.38. The van der Waals surface area contributed by atoms with Gasteiger partial charge in [-0.25, -0.2) is 9.97 Å². The molecule has 1 aromatic heterocycles. The van der Waals surface area contributed by atoms with Crippen LogP contribution >= 0.6 is 0 Å². The van der Waals surface area contributed by atoms with Gasteiger partial charge in [0, 0.05) is 17.8 Å². The summed E-state index contributed by atoms with van der Waals surface area (Å²) in [6.07, 6.45) is 7.28. The predicted molar refractivity (Wildman–Crippen MR) is 79.1 cm³/mol. The van der Waals surface area contributed by atoms with E-state index in [9.17, 15) is 4.79 Å². The number of rotatable bonds is 7. The monoisotopic (exact) mass is 275 g/mol. The lowest BCUT2D eigenvalue weighted by Crippen LogP contribution is -2.35. The largest absolute Gasteiger partial charge is 0.346 e. The molecule has 1 aliphatic carbocycles. The molecule has 0 saturated heterocycles. The van der Waals surface area contributed by atoms with Crippen LogP contribution in [-0.4, -0.2) is 15.9 Å². The molecule has 1 amide bonds. The Morgan fingerprint density at radius 1 is 1.50 bits per heavy atom. The average molecular weight is 275 g/mol. The molecule has 1 aromatic rings. The van der Waals surface area contributed by atoms with Crippen LogP contribution in [-0.2, 0) is 4.79 Å². The summed E-state index contributed by atoms with van der Waals surface area (Å²) in [6.45, 7) is 6.12. The summed E-state index contributed by atoms with van der Waals surface area (Å²) in [5, 5.41) is 3.17. The first-order chi connectivity index (χ1) is 9.61.